The molecule has 0 unspecified atom stereocenters. The normalized spacial score (nSPS) is 15.9. The van der Waals surface area contributed by atoms with E-state index < -0.39 is 0 Å². The summed E-state index contributed by atoms with van der Waals surface area (Å²) in [4.78, 5) is 4.01. The predicted molar refractivity (Wildman–Crippen MR) is 96.7 cm³/mol. The maximum Gasteiger partial charge on any atom is 0.161 e. The maximum absolute atomic E-state index is 9.71. The van der Waals surface area contributed by atoms with E-state index in [0.717, 1.165) is 35.5 Å². The Morgan fingerprint density at radius 3 is 2.52 bits per heavy atom. The molecule has 1 fully saturated rings. The van der Waals surface area contributed by atoms with E-state index in [1.54, 1.807) is 19.5 Å². The number of hydrogen-bond donors (Lipinski definition) is 2. The zero-order valence-electron chi connectivity index (χ0n) is 14.7. The van der Waals surface area contributed by atoms with Crippen LogP contribution in [0.5, 0.6) is 11.5 Å². The number of methoxy groups -OCH3 is 1. The van der Waals surface area contributed by atoms with Gasteiger partial charge >= 0.3 is 0 Å². The Balaban J connectivity index is 1.63. The van der Waals surface area contributed by atoms with Crippen molar-refractivity contribution >= 4 is 0 Å². The first-order valence-electron chi connectivity index (χ1n) is 8.79. The molecule has 0 atom stereocenters. The van der Waals surface area contributed by atoms with E-state index in [0.29, 0.717) is 13.2 Å². The van der Waals surface area contributed by atoms with E-state index in [-0.39, 0.29) is 12.1 Å². The highest BCUT2D eigenvalue weighted by atomic mass is 16.5. The lowest BCUT2D eigenvalue weighted by Crippen LogP contribution is -2.45. The first kappa shape index (κ1) is 17.7. The Morgan fingerprint density at radius 1 is 1.08 bits per heavy atom. The number of benzene rings is 1. The zero-order chi connectivity index (χ0) is 17.5. The molecule has 1 aliphatic rings. The van der Waals surface area contributed by atoms with Gasteiger partial charge in [0.15, 0.2) is 11.5 Å². The molecule has 1 heterocycles. The minimum absolute atomic E-state index is 0.121. The van der Waals surface area contributed by atoms with Gasteiger partial charge in [0.05, 0.1) is 13.7 Å². The van der Waals surface area contributed by atoms with Crippen LogP contribution < -0.4 is 14.8 Å². The number of nitrogens with zero attached hydrogens (tertiary/aromatic N) is 1. The average molecular weight is 342 g/mol. The first-order valence-corrected chi connectivity index (χ1v) is 8.79. The fourth-order valence-electron chi connectivity index (χ4n) is 3.31. The van der Waals surface area contributed by atoms with Crippen LogP contribution in [0, 0.1) is 0 Å². The van der Waals surface area contributed by atoms with Crippen LogP contribution in [0.25, 0.3) is 0 Å². The number of nitrogens with one attached hydrogen (secondary N) is 1. The van der Waals surface area contributed by atoms with Gasteiger partial charge in [-0.1, -0.05) is 18.9 Å². The highest BCUT2D eigenvalue weighted by Crippen LogP contribution is 2.31. The fourth-order valence-corrected chi connectivity index (χ4v) is 3.31. The van der Waals surface area contributed by atoms with Gasteiger partial charge in [-0.05, 0) is 48.2 Å². The zero-order valence-corrected chi connectivity index (χ0v) is 14.7. The van der Waals surface area contributed by atoms with E-state index in [1.807, 2.05) is 30.3 Å². The largest absolute Gasteiger partial charge is 0.493 e. The number of aliphatic hydroxyl groups is 1. The smallest absolute Gasteiger partial charge is 0.161 e. The molecule has 0 amide bonds. The van der Waals surface area contributed by atoms with Crippen molar-refractivity contribution in [1.82, 2.24) is 10.3 Å². The van der Waals surface area contributed by atoms with Gasteiger partial charge < -0.3 is 19.9 Å². The number of aliphatic hydroxyl groups excluding tert-OH is 1. The van der Waals surface area contributed by atoms with Crippen LogP contribution in [0.15, 0.2) is 42.7 Å². The minimum atomic E-state index is -0.121. The van der Waals surface area contributed by atoms with Crippen LogP contribution in [0.1, 0.15) is 36.8 Å². The Labute approximate surface area is 149 Å². The summed E-state index contributed by atoms with van der Waals surface area (Å²) in [7, 11) is 1.65. The van der Waals surface area contributed by atoms with Gasteiger partial charge in [-0.15, -0.1) is 0 Å². The lowest BCUT2D eigenvalue weighted by atomic mass is 9.98. The van der Waals surface area contributed by atoms with Crippen molar-refractivity contribution in [3.05, 3.63) is 53.9 Å². The summed E-state index contributed by atoms with van der Waals surface area (Å²) < 4.78 is 11.4. The van der Waals surface area contributed by atoms with Crippen LogP contribution in [0.3, 0.4) is 0 Å². The Hall–Kier alpha value is -2.11. The fraction of sp³-hybridized carbons (Fsp3) is 0.450. The number of hydrogen-bond acceptors (Lipinski definition) is 5. The number of pyridine rings is 1. The summed E-state index contributed by atoms with van der Waals surface area (Å²) in [5.74, 6) is 1.44. The van der Waals surface area contributed by atoms with Crippen LogP contribution >= 0.6 is 0 Å². The molecule has 134 valence electrons. The third-order valence-electron chi connectivity index (χ3n) is 4.90. The number of aromatic nitrogens is 1. The van der Waals surface area contributed by atoms with E-state index in [1.165, 1.54) is 12.8 Å². The van der Waals surface area contributed by atoms with Gasteiger partial charge in [-0.25, -0.2) is 0 Å². The predicted octanol–water partition coefficient (Wildman–Crippen LogP) is 3.06. The van der Waals surface area contributed by atoms with Crippen molar-refractivity contribution in [2.24, 2.45) is 0 Å². The second kappa shape index (κ2) is 8.32. The molecule has 1 saturated carbocycles. The van der Waals surface area contributed by atoms with Crippen molar-refractivity contribution in [3.63, 3.8) is 0 Å². The topological polar surface area (TPSA) is 63.6 Å². The van der Waals surface area contributed by atoms with E-state index in [4.69, 9.17) is 9.47 Å². The molecule has 1 aromatic carbocycles. The summed E-state index contributed by atoms with van der Waals surface area (Å²) in [6.07, 6.45) is 7.94. The molecule has 0 bridgehead atoms. The van der Waals surface area contributed by atoms with Crippen molar-refractivity contribution in [1.29, 1.82) is 0 Å². The number of rotatable bonds is 8. The lowest BCUT2D eigenvalue weighted by molar-refractivity contribution is 0.163. The molecule has 5 nitrogen and oxygen atoms in total. The molecule has 0 saturated heterocycles. The van der Waals surface area contributed by atoms with Gasteiger partial charge in [-0.2, -0.15) is 0 Å². The second-order valence-electron chi connectivity index (χ2n) is 6.63. The summed E-state index contributed by atoms with van der Waals surface area (Å²) >= 11 is 0. The van der Waals surface area contributed by atoms with Gasteiger partial charge in [0, 0.05) is 24.5 Å². The molecule has 25 heavy (non-hydrogen) atoms. The van der Waals surface area contributed by atoms with Crippen molar-refractivity contribution in [3.8, 4) is 11.5 Å². The second-order valence-corrected chi connectivity index (χ2v) is 6.63. The Bertz CT molecular complexity index is 670. The molecule has 0 radical (unpaired) electrons. The quantitative estimate of drug-likeness (QED) is 0.772. The highest BCUT2D eigenvalue weighted by molar-refractivity contribution is 5.43. The van der Waals surface area contributed by atoms with Crippen LogP contribution in [0.4, 0.5) is 0 Å². The Kier molecular flexibility index (Phi) is 5.89. The average Bonchev–Trinajstić information content (AvgIpc) is 3.15. The molecule has 0 aliphatic heterocycles. The molecule has 1 aliphatic carbocycles. The van der Waals surface area contributed by atoms with Crippen LogP contribution in [-0.4, -0.2) is 29.3 Å². The molecule has 0 spiro atoms. The summed E-state index contributed by atoms with van der Waals surface area (Å²) in [5.41, 5.74) is 2.06. The van der Waals surface area contributed by atoms with Crippen molar-refractivity contribution < 1.29 is 14.6 Å². The Morgan fingerprint density at radius 2 is 1.84 bits per heavy atom. The van der Waals surface area contributed by atoms with E-state index in [2.05, 4.69) is 10.3 Å². The number of ether oxygens (including phenoxy) is 2. The SMILES string of the molecule is COc1cc(CNC2(CO)CCCC2)ccc1OCc1ccncc1. The maximum atomic E-state index is 9.71. The van der Waals surface area contributed by atoms with E-state index >= 15 is 0 Å². The third-order valence-corrected chi connectivity index (χ3v) is 4.90. The standard InChI is InChI=1S/C20H26N2O3/c1-24-19-12-17(13-22-20(15-23)8-2-3-9-20)4-5-18(19)25-14-16-6-10-21-11-7-16/h4-7,10-12,22-23H,2-3,8-9,13-15H2,1H3. The monoisotopic (exact) mass is 342 g/mol. The lowest BCUT2D eigenvalue weighted by Gasteiger charge is -2.28. The van der Waals surface area contributed by atoms with Gasteiger partial charge in [0.1, 0.15) is 6.61 Å². The van der Waals surface area contributed by atoms with E-state index in [9.17, 15) is 5.11 Å². The molecular formula is C20H26N2O3. The van der Waals surface area contributed by atoms with Crippen molar-refractivity contribution in [2.45, 2.75) is 44.4 Å². The third kappa shape index (κ3) is 4.50. The molecule has 3 rings (SSSR count). The van der Waals surface area contributed by atoms with Gasteiger partial charge in [0.25, 0.3) is 0 Å². The van der Waals surface area contributed by atoms with Gasteiger partial charge in [0.2, 0.25) is 0 Å². The van der Waals surface area contributed by atoms with Crippen LogP contribution in [-0.2, 0) is 13.2 Å². The summed E-state index contributed by atoms with van der Waals surface area (Å²) in [6.45, 7) is 1.38. The molecular weight excluding hydrogens is 316 g/mol. The van der Waals surface area contributed by atoms with Crippen molar-refractivity contribution in [2.75, 3.05) is 13.7 Å². The van der Waals surface area contributed by atoms with Crippen LogP contribution in [0.2, 0.25) is 0 Å². The highest BCUT2D eigenvalue weighted by Gasteiger charge is 2.32. The molecule has 2 N–H and O–H groups in total. The summed E-state index contributed by atoms with van der Waals surface area (Å²) in [6, 6.07) is 9.84. The minimum Gasteiger partial charge on any atom is -0.493 e. The first-order chi connectivity index (χ1) is 12.2. The summed E-state index contributed by atoms with van der Waals surface area (Å²) in [5, 5.41) is 13.2. The molecule has 1 aromatic heterocycles. The molecule has 5 heteroatoms. The van der Waals surface area contributed by atoms with Gasteiger partial charge in [-0.3, -0.25) is 4.98 Å². The molecule has 2 aromatic rings.